The lowest BCUT2D eigenvalue weighted by Gasteiger charge is -2.18. The Kier molecular flexibility index (Phi) is 3.99. The number of benzene rings is 1. The van der Waals surface area contributed by atoms with Gasteiger partial charge in [0.1, 0.15) is 17.5 Å². The van der Waals surface area contributed by atoms with Crippen molar-refractivity contribution in [3.8, 4) is 0 Å². The van der Waals surface area contributed by atoms with Gasteiger partial charge in [0.25, 0.3) is 0 Å². The van der Waals surface area contributed by atoms with E-state index in [1.807, 2.05) is 19.1 Å². The van der Waals surface area contributed by atoms with Crippen LogP contribution < -0.4 is 11.1 Å². The first-order valence-corrected chi connectivity index (χ1v) is 7.23. The molecule has 2 rings (SSSR count). The van der Waals surface area contributed by atoms with Crippen molar-refractivity contribution in [1.29, 1.82) is 0 Å². The maximum atomic E-state index is 5.87. The summed E-state index contributed by atoms with van der Waals surface area (Å²) in [6.45, 7) is 8.24. The van der Waals surface area contributed by atoms with E-state index in [0.29, 0.717) is 11.6 Å². The van der Waals surface area contributed by atoms with Crippen LogP contribution in [0.4, 0.5) is 17.3 Å². The van der Waals surface area contributed by atoms with Gasteiger partial charge in [-0.15, -0.1) is 0 Å². The number of nitrogen functional groups attached to an aromatic ring is 1. The smallest absolute Gasteiger partial charge is 0.138 e. The predicted octanol–water partition coefficient (Wildman–Crippen LogP) is 4.17. The van der Waals surface area contributed by atoms with Gasteiger partial charge in [0.2, 0.25) is 0 Å². The van der Waals surface area contributed by atoms with E-state index in [9.17, 15) is 0 Å². The third kappa shape index (κ3) is 3.48. The first-order chi connectivity index (χ1) is 9.25. The van der Waals surface area contributed by atoms with Gasteiger partial charge in [0.15, 0.2) is 0 Å². The molecule has 0 amide bonds. The maximum Gasteiger partial charge on any atom is 0.138 e. The third-order valence-corrected chi connectivity index (χ3v) is 3.36. The summed E-state index contributed by atoms with van der Waals surface area (Å²) in [5, 5.41) is 3.30. The van der Waals surface area contributed by atoms with Gasteiger partial charge in [-0.3, -0.25) is 0 Å². The van der Waals surface area contributed by atoms with Gasteiger partial charge in [0, 0.05) is 21.6 Å². The number of aryl methyl sites for hydroxylation is 1. The fraction of sp³-hybridized carbons (Fsp3) is 0.333. The van der Waals surface area contributed by atoms with Gasteiger partial charge in [-0.25, -0.2) is 9.97 Å². The summed E-state index contributed by atoms with van der Waals surface area (Å²) >= 11 is 3.46. The van der Waals surface area contributed by atoms with Crippen molar-refractivity contribution in [3.05, 3.63) is 40.1 Å². The van der Waals surface area contributed by atoms with Crippen LogP contribution in [-0.2, 0) is 5.41 Å². The van der Waals surface area contributed by atoms with Gasteiger partial charge in [-0.05, 0) is 30.7 Å². The van der Waals surface area contributed by atoms with Crippen LogP contribution in [0.25, 0.3) is 0 Å². The van der Waals surface area contributed by atoms with Crippen molar-refractivity contribution >= 4 is 33.3 Å². The van der Waals surface area contributed by atoms with Crippen LogP contribution >= 0.6 is 15.9 Å². The average Bonchev–Trinajstić information content (AvgIpc) is 2.31. The third-order valence-electron chi connectivity index (χ3n) is 2.87. The first kappa shape index (κ1) is 14.8. The minimum absolute atomic E-state index is 0.138. The van der Waals surface area contributed by atoms with E-state index in [-0.39, 0.29) is 5.41 Å². The Morgan fingerprint density at radius 2 is 1.85 bits per heavy atom. The summed E-state index contributed by atoms with van der Waals surface area (Å²) in [6, 6.07) is 7.80. The lowest BCUT2D eigenvalue weighted by molar-refractivity contribution is 0.547. The zero-order valence-electron chi connectivity index (χ0n) is 12.2. The van der Waals surface area contributed by atoms with Crippen LogP contribution in [0.5, 0.6) is 0 Å². The number of hydrogen-bond donors (Lipinski definition) is 2. The topological polar surface area (TPSA) is 63.8 Å². The fourth-order valence-electron chi connectivity index (χ4n) is 1.77. The molecule has 5 heteroatoms. The number of rotatable bonds is 2. The number of nitrogens with zero attached hydrogens (tertiary/aromatic N) is 2. The highest BCUT2D eigenvalue weighted by atomic mass is 79.9. The second-order valence-corrected chi connectivity index (χ2v) is 6.75. The van der Waals surface area contributed by atoms with Crippen molar-refractivity contribution in [2.24, 2.45) is 0 Å². The summed E-state index contributed by atoms with van der Waals surface area (Å²) in [7, 11) is 0. The van der Waals surface area contributed by atoms with Crippen LogP contribution in [0.1, 0.15) is 32.2 Å². The second kappa shape index (κ2) is 5.40. The molecule has 20 heavy (non-hydrogen) atoms. The van der Waals surface area contributed by atoms with E-state index >= 15 is 0 Å². The van der Waals surface area contributed by atoms with Crippen LogP contribution in [-0.4, -0.2) is 9.97 Å². The average molecular weight is 335 g/mol. The summed E-state index contributed by atoms with van der Waals surface area (Å²) in [4.78, 5) is 8.85. The summed E-state index contributed by atoms with van der Waals surface area (Å²) in [5.74, 6) is 1.92. The standard InChI is InChI=1S/C15H19BrN4/c1-9-7-10(16)5-6-11(9)18-13-8-12(17)19-14(20-13)15(2,3)4/h5-8H,1-4H3,(H3,17,18,19,20). The zero-order valence-corrected chi connectivity index (χ0v) is 13.7. The summed E-state index contributed by atoms with van der Waals surface area (Å²) in [6.07, 6.45) is 0. The molecule has 0 aliphatic carbocycles. The Balaban J connectivity index is 2.36. The van der Waals surface area contributed by atoms with E-state index in [2.05, 4.69) is 58.1 Å². The van der Waals surface area contributed by atoms with Gasteiger partial charge < -0.3 is 11.1 Å². The van der Waals surface area contributed by atoms with Crippen LogP contribution in [0.3, 0.4) is 0 Å². The Bertz CT molecular complexity index is 632. The lowest BCUT2D eigenvalue weighted by atomic mass is 9.96. The lowest BCUT2D eigenvalue weighted by Crippen LogP contribution is -2.17. The fourth-order valence-corrected chi connectivity index (χ4v) is 2.25. The molecule has 0 radical (unpaired) electrons. The van der Waals surface area contributed by atoms with Gasteiger partial charge >= 0.3 is 0 Å². The van der Waals surface area contributed by atoms with Crippen LogP contribution in [0.2, 0.25) is 0 Å². The number of anilines is 3. The highest BCUT2D eigenvalue weighted by molar-refractivity contribution is 9.10. The molecule has 1 aromatic carbocycles. The van der Waals surface area contributed by atoms with Gasteiger partial charge in [0.05, 0.1) is 0 Å². The molecule has 106 valence electrons. The molecular weight excluding hydrogens is 316 g/mol. The molecule has 4 nitrogen and oxygen atoms in total. The molecule has 1 heterocycles. The van der Waals surface area contributed by atoms with Gasteiger partial charge in [-0.2, -0.15) is 0 Å². The number of halogens is 1. The predicted molar refractivity (Wildman–Crippen MR) is 87.3 cm³/mol. The minimum atomic E-state index is -0.138. The van der Waals surface area contributed by atoms with E-state index in [0.717, 1.165) is 21.5 Å². The molecule has 1 aromatic heterocycles. The Hall–Kier alpha value is -1.62. The second-order valence-electron chi connectivity index (χ2n) is 5.84. The number of nitrogens with two attached hydrogens (primary N) is 1. The molecular formula is C15H19BrN4. The Morgan fingerprint density at radius 3 is 2.45 bits per heavy atom. The molecule has 0 atom stereocenters. The van der Waals surface area contributed by atoms with Crippen molar-refractivity contribution in [2.45, 2.75) is 33.1 Å². The van der Waals surface area contributed by atoms with Crippen molar-refractivity contribution in [1.82, 2.24) is 9.97 Å². The molecule has 0 saturated carbocycles. The van der Waals surface area contributed by atoms with Crippen molar-refractivity contribution in [3.63, 3.8) is 0 Å². The molecule has 2 aromatic rings. The normalized spacial score (nSPS) is 11.4. The van der Waals surface area contributed by atoms with E-state index < -0.39 is 0 Å². The van der Waals surface area contributed by atoms with Gasteiger partial charge in [-0.1, -0.05) is 36.7 Å². The number of hydrogen-bond acceptors (Lipinski definition) is 4. The molecule has 3 N–H and O–H groups in total. The summed E-state index contributed by atoms with van der Waals surface area (Å²) < 4.78 is 1.05. The molecule has 0 spiro atoms. The van der Waals surface area contributed by atoms with E-state index in [1.165, 1.54) is 0 Å². The molecule has 0 aliphatic heterocycles. The highest BCUT2D eigenvalue weighted by Gasteiger charge is 2.18. The van der Waals surface area contributed by atoms with Crippen LogP contribution in [0.15, 0.2) is 28.7 Å². The number of aromatic nitrogens is 2. The monoisotopic (exact) mass is 334 g/mol. The minimum Gasteiger partial charge on any atom is -0.384 e. The number of nitrogens with one attached hydrogen (secondary N) is 1. The highest BCUT2D eigenvalue weighted by Crippen LogP contribution is 2.26. The largest absolute Gasteiger partial charge is 0.384 e. The Morgan fingerprint density at radius 1 is 1.15 bits per heavy atom. The Labute approximate surface area is 128 Å². The maximum absolute atomic E-state index is 5.87. The molecule has 0 unspecified atom stereocenters. The van der Waals surface area contributed by atoms with E-state index in [1.54, 1.807) is 6.07 Å². The quantitative estimate of drug-likeness (QED) is 0.864. The van der Waals surface area contributed by atoms with Crippen LogP contribution in [0, 0.1) is 6.92 Å². The van der Waals surface area contributed by atoms with E-state index in [4.69, 9.17) is 5.73 Å². The van der Waals surface area contributed by atoms with Crippen molar-refractivity contribution in [2.75, 3.05) is 11.1 Å². The first-order valence-electron chi connectivity index (χ1n) is 6.44. The molecule has 0 saturated heterocycles. The summed E-state index contributed by atoms with van der Waals surface area (Å²) in [5.41, 5.74) is 7.87. The molecule has 0 fully saturated rings. The molecule has 0 bridgehead atoms. The zero-order chi connectivity index (χ0) is 14.9. The SMILES string of the molecule is Cc1cc(Br)ccc1Nc1cc(N)nc(C(C)(C)C)n1. The molecule has 0 aliphatic rings. The van der Waals surface area contributed by atoms with Crippen molar-refractivity contribution < 1.29 is 0 Å².